The quantitative estimate of drug-likeness (QED) is 0.369. The second kappa shape index (κ2) is 11.6. The van der Waals surface area contributed by atoms with Gasteiger partial charge < -0.3 is 20.1 Å². The van der Waals surface area contributed by atoms with Crippen LogP contribution in [0.1, 0.15) is 32.6 Å². The third-order valence-electron chi connectivity index (χ3n) is 1.70. The average molecular weight is 239 g/mol. The van der Waals surface area contributed by atoms with E-state index in [-0.39, 0.29) is 71.3 Å². The van der Waals surface area contributed by atoms with Gasteiger partial charge in [0, 0.05) is 6.04 Å². The minimum Gasteiger partial charge on any atom is -0.811 e. The van der Waals surface area contributed by atoms with Crippen molar-refractivity contribution < 1.29 is 73.5 Å². The van der Waals surface area contributed by atoms with E-state index >= 15 is 0 Å². The van der Waals surface area contributed by atoms with Crippen LogP contribution in [-0.4, -0.2) is 12.2 Å². The summed E-state index contributed by atoms with van der Waals surface area (Å²) in [6.45, 7) is 2.04. The number of hydrogen-bond acceptors (Lipinski definition) is 4. The van der Waals surface area contributed by atoms with Gasteiger partial charge in [-0.15, -0.1) is 0 Å². The van der Waals surface area contributed by atoms with Crippen LogP contribution in [0.15, 0.2) is 0 Å². The molecule has 0 aromatic heterocycles. The van der Waals surface area contributed by atoms with Gasteiger partial charge in [-0.25, -0.2) is 0 Å². The zero-order valence-corrected chi connectivity index (χ0v) is 14.3. The molecule has 0 aliphatic rings. The first-order valence-electron chi connectivity index (χ1n) is 4.22. The molecule has 4 nitrogen and oxygen atoms in total. The van der Waals surface area contributed by atoms with Gasteiger partial charge in [0.2, 0.25) is 0 Å². The van der Waals surface area contributed by atoms with E-state index in [2.05, 4.69) is 0 Å². The predicted molar refractivity (Wildman–Crippen MR) is 44.6 cm³/mol. The van der Waals surface area contributed by atoms with Crippen molar-refractivity contribution in [3.05, 3.63) is 0 Å². The number of hydrogen-bond donors (Lipinski definition) is 1. The van der Waals surface area contributed by atoms with Gasteiger partial charge in [0.1, 0.15) is 0 Å². The SMILES string of the molecule is CCCCC(N)CCP(=O)([O-])[O-].[Na+].[Na+]. The van der Waals surface area contributed by atoms with E-state index in [1.165, 1.54) is 0 Å². The van der Waals surface area contributed by atoms with Crippen molar-refractivity contribution in [1.82, 2.24) is 0 Å². The smallest absolute Gasteiger partial charge is 0.811 e. The van der Waals surface area contributed by atoms with E-state index in [0.717, 1.165) is 19.3 Å². The Morgan fingerprint density at radius 2 is 1.79 bits per heavy atom. The minimum atomic E-state index is -4.33. The number of unbranched alkanes of at least 4 members (excludes halogenated alkanes) is 1. The maximum absolute atomic E-state index is 10.2. The fourth-order valence-corrected chi connectivity index (χ4v) is 1.58. The molecule has 0 aromatic carbocycles. The fraction of sp³-hybridized carbons (Fsp3) is 1.00. The maximum Gasteiger partial charge on any atom is 1.00 e. The largest absolute Gasteiger partial charge is 1.00 e. The molecular formula is C7H16NNa2O3P. The zero-order valence-electron chi connectivity index (χ0n) is 9.36. The van der Waals surface area contributed by atoms with Crippen molar-refractivity contribution in [2.75, 3.05) is 6.16 Å². The molecule has 7 heteroatoms. The van der Waals surface area contributed by atoms with Crippen LogP contribution in [0.4, 0.5) is 0 Å². The molecular weight excluding hydrogens is 223 g/mol. The summed E-state index contributed by atoms with van der Waals surface area (Å²) >= 11 is 0. The van der Waals surface area contributed by atoms with E-state index in [1.54, 1.807) is 0 Å². The summed E-state index contributed by atoms with van der Waals surface area (Å²) in [7, 11) is -4.33. The van der Waals surface area contributed by atoms with Gasteiger partial charge >= 0.3 is 59.1 Å². The first-order chi connectivity index (χ1) is 5.45. The molecule has 1 unspecified atom stereocenters. The van der Waals surface area contributed by atoms with E-state index in [4.69, 9.17) is 5.73 Å². The molecule has 0 saturated heterocycles. The van der Waals surface area contributed by atoms with Crippen molar-refractivity contribution in [2.45, 2.75) is 38.6 Å². The molecule has 0 heterocycles. The molecule has 0 spiro atoms. The van der Waals surface area contributed by atoms with Crippen LogP contribution in [-0.2, 0) is 4.57 Å². The fourth-order valence-electron chi connectivity index (χ4n) is 0.935. The Hall–Kier alpha value is 2.11. The molecule has 2 N–H and O–H groups in total. The average Bonchev–Trinajstić information content (AvgIpc) is 1.95. The molecule has 0 bridgehead atoms. The van der Waals surface area contributed by atoms with Crippen molar-refractivity contribution in [3.63, 3.8) is 0 Å². The summed E-state index contributed by atoms with van der Waals surface area (Å²) < 4.78 is 10.2. The minimum absolute atomic E-state index is 0. The molecule has 0 fully saturated rings. The summed E-state index contributed by atoms with van der Waals surface area (Å²) in [5.41, 5.74) is 5.57. The van der Waals surface area contributed by atoms with E-state index in [9.17, 15) is 14.4 Å². The summed E-state index contributed by atoms with van der Waals surface area (Å²) in [4.78, 5) is 20.5. The Balaban J connectivity index is -0.000000605. The third-order valence-corrected chi connectivity index (χ3v) is 2.51. The molecule has 0 aliphatic heterocycles. The van der Waals surface area contributed by atoms with Gasteiger partial charge in [-0.2, -0.15) is 0 Å². The predicted octanol–water partition coefficient (Wildman–Crippen LogP) is -6.18. The van der Waals surface area contributed by atoms with Crippen LogP contribution in [0, 0.1) is 0 Å². The van der Waals surface area contributed by atoms with Gasteiger partial charge in [0.05, 0.1) is 0 Å². The van der Waals surface area contributed by atoms with Gasteiger partial charge in [0.15, 0.2) is 0 Å². The second-order valence-electron chi connectivity index (χ2n) is 3.03. The zero-order chi connectivity index (χ0) is 9.61. The summed E-state index contributed by atoms with van der Waals surface area (Å²) in [6.07, 6.45) is 2.82. The Bertz CT molecular complexity index is 165. The molecule has 0 aromatic rings. The van der Waals surface area contributed by atoms with Crippen LogP contribution < -0.4 is 74.6 Å². The maximum atomic E-state index is 10.2. The van der Waals surface area contributed by atoms with Crippen LogP contribution in [0.2, 0.25) is 0 Å². The second-order valence-corrected chi connectivity index (χ2v) is 4.69. The van der Waals surface area contributed by atoms with Gasteiger partial charge in [0.25, 0.3) is 0 Å². The summed E-state index contributed by atoms with van der Waals surface area (Å²) in [5, 5.41) is 0. The summed E-state index contributed by atoms with van der Waals surface area (Å²) in [6, 6.07) is -0.138. The Kier molecular flexibility index (Phi) is 17.7. The molecule has 0 rings (SSSR count). The Morgan fingerprint density at radius 1 is 1.29 bits per heavy atom. The molecule has 14 heavy (non-hydrogen) atoms. The molecule has 0 saturated carbocycles. The molecule has 0 radical (unpaired) electrons. The standard InChI is InChI=1S/C7H18NO3P.2Na/c1-2-3-4-7(8)5-6-12(9,10)11;;/h7H,2-6,8H2,1H3,(H2,9,10,11);;/q;2*+1/p-2. The Morgan fingerprint density at radius 3 is 2.14 bits per heavy atom. The van der Waals surface area contributed by atoms with Crippen LogP contribution in [0.3, 0.4) is 0 Å². The monoisotopic (exact) mass is 239 g/mol. The van der Waals surface area contributed by atoms with Gasteiger partial charge in [-0.3, -0.25) is 0 Å². The van der Waals surface area contributed by atoms with Gasteiger partial charge in [-0.05, 0) is 19.0 Å². The summed E-state index contributed by atoms with van der Waals surface area (Å²) in [5.74, 6) is 0. The molecule has 0 amide bonds. The van der Waals surface area contributed by atoms with Crippen LogP contribution in [0.5, 0.6) is 0 Å². The van der Waals surface area contributed by atoms with Crippen LogP contribution >= 0.6 is 7.60 Å². The number of rotatable bonds is 6. The number of nitrogens with two attached hydrogens (primary N) is 1. The van der Waals surface area contributed by atoms with E-state index < -0.39 is 7.60 Å². The van der Waals surface area contributed by atoms with E-state index in [1.807, 2.05) is 6.92 Å². The van der Waals surface area contributed by atoms with Crippen molar-refractivity contribution >= 4 is 7.60 Å². The molecule has 1 atom stereocenters. The topological polar surface area (TPSA) is 89.2 Å². The van der Waals surface area contributed by atoms with Crippen LogP contribution in [0.25, 0.3) is 0 Å². The molecule has 0 aliphatic carbocycles. The first kappa shape index (κ1) is 21.4. The molecule has 74 valence electrons. The normalized spacial score (nSPS) is 12.6. The van der Waals surface area contributed by atoms with Gasteiger partial charge in [-0.1, -0.05) is 27.4 Å². The van der Waals surface area contributed by atoms with Crippen molar-refractivity contribution in [1.29, 1.82) is 0 Å². The van der Waals surface area contributed by atoms with Crippen molar-refractivity contribution in [3.8, 4) is 0 Å². The van der Waals surface area contributed by atoms with Crippen molar-refractivity contribution in [2.24, 2.45) is 5.73 Å². The first-order valence-corrected chi connectivity index (χ1v) is 5.95. The third kappa shape index (κ3) is 16.5. The Labute approximate surface area is 130 Å². The van der Waals surface area contributed by atoms with E-state index in [0.29, 0.717) is 6.42 Å².